The van der Waals surface area contributed by atoms with E-state index in [4.69, 9.17) is 15.2 Å². The molecule has 3 nitrogen and oxygen atoms in total. The van der Waals surface area contributed by atoms with Crippen LogP contribution in [0.3, 0.4) is 0 Å². The Morgan fingerprint density at radius 1 is 1.24 bits per heavy atom. The summed E-state index contributed by atoms with van der Waals surface area (Å²) in [6, 6.07) is 3.14. The molecule has 2 N–H and O–H groups in total. The van der Waals surface area contributed by atoms with E-state index in [0.717, 1.165) is 12.8 Å². The first-order valence-electron chi connectivity index (χ1n) is 5.99. The highest BCUT2D eigenvalue weighted by Gasteiger charge is 2.49. The molecule has 0 radical (unpaired) electrons. The Morgan fingerprint density at radius 2 is 1.82 bits per heavy atom. The Morgan fingerprint density at radius 3 is 2.35 bits per heavy atom. The maximum atomic E-state index is 14.1. The Labute approximate surface area is 99.7 Å². The number of hydrogen-bond acceptors (Lipinski definition) is 3. The van der Waals surface area contributed by atoms with Crippen molar-refractivity contribution in [2.75, 3.05) is 13.2 Å². The second-order valence-electron chi connectivity index (χ2n) is 4.92. The maximum Gasteiger partial charge on any atom is 0.164 e. The van der Waals surface area contributed by atoms with Gasteiger partial charge in [-0.15, -0.1) is 0 Å². The van der Waals surface area contributed by atoms with Crippen LogP contribution in [0.15, 0.2) is 12.1 Å². The van der Waals surface area contributed by atoms with Gasteiger partial charge in [-0.3, -0.25) is 0 Å². The van der Waals surface area contributed by atoms with Crippen LogP contribution in [0.1, 0.15) is 25.3 Å². The molecule has 1 unspecified atom stereocenters. The summed E-state index contributed by atoms with van der Waals surface area (Å²) in [5, 5.41) is 0. The highest BCUT2D eigenvalue weighted by Crippen LogP contribution is 2.52. The van der Waals surface area contributed by atoms with E-state index in [9.17, 15) is 4.39 Å². The van der Waals surface area contributed by atoms with Gasteiger partial charge in [0.2, 0.25) is 0 Å². The van der Waals surface area contributed by atoms with E-state index in [0.29, 0.717) is 30.3 Å². The number of nitrogens with two attached hydrogens (primary N) is 1. The third kappa shape index (κ3) is 1.59. The minimum Gasteiger partial charge on any atom is -0.486 e. The summed E-state index contributed by atoms with van der Waals surface area (Å²) in [7, 11) is 0. The van der Waals surface area contributed by atoms with Crippen LogP contribution >= 0.6 is 0 Å². The van der Waals surface area contributed by atoms with Gasteiger partial charge >= 0.3 is 0 Å². The molecule has 0 amide bonds. The SMILES string of the molecule is CC(N)C1(c2cc3c(cc2F)OCCO3)CC1. The van der Waals surface area contributed by atoms with E-state index in [1.165, 1.54) is 6.07 Å². The molecule has 1 saturated carbocycles. The van der Waals surface area contributed by atoms with Gasteiger partial charge in [0.05, 0.1) is 0 Å². The highest BCUT2D eigenvalue weighted by molar-refractivity contribution is 5.49. The van der Waals surface area contributed by atoms with Crippen molar-refractivity contribution in [3.05, 3.63) is 23.5 Å². The second kappa shape index (κ2) is 3.60. The van der Waals surface area contributed by atoms with Crippen molar-refractivity contribution in [1.29, 1.82) is 0 Å². The van der Waals surface area contributed by atoms with Crippen LogP contribution in [-0.4, -0.2) is 19.3 Å². The molecule has 1 aliphatic carbocycles. The lowest BCUT2D eigenvalue weighted by Gasteiger charge is -2.24. The van der Waals surface area contributed by atoms with Gasteiger partial charge in [-0.2, -0.15) is 0 Å². The number of ether oxygens (including phenoxy) is 2. The van der Waals surface area contributed by atoms with Gasteiger partial charge in [0.1, 0.15) is 19.0 Å². The lowest BCUT2D eigenvalue weighted by atomic mass is 9.88. The van der Waals surface area contributed by atoms with Gasteiger partial charge in [0.25, 0.3) is 0 Å². The van der Waals surface area contributed by atoms with Crippen molar-refractivity contribution >= 4 is 0 Å². The molecular weight excluding hydrogens is 221 g/mol. The average molecular weight is 237 g/mol. The van der Waals surface area contributed by atoms with Gasteiger partial charge in [-0.05, 0) is 31.4 Å². The Hall–Kier alpha value is -1.29. The van der Waals surface area contributed by atoms with Gasteiger partial charge in [-0.1, -0.05) is 0 Å². The van der Waals surface area contributed by atoms with Crippen LogP contribution in [0.4, 0.5) is 4.39 Å². The van der Waals surface area contributed by atoms with Crippen molar-refractivity contribution in [2.45, 2.75) is 31.2 Å². The van der Waals surface area contributed by atoms with Crippen LogP contribution in [-0.2, 0) is 5.41 Å². The maximum absolute atomic E-state index is 14.1. The third-order valence-corrected chi connectivity index (χ3v) is 3.83. The molecule has 3 rings (SSSR count). The normalized spacial score (nSPS) is 22.1. The van der Waals surface area contributed by atoms with Crippen molar-refractivity contribution in [2.24, 2.45) is 5.73 Å². The minimum atomic E-state index is -0.232. The molecule has 0 spiro atoms. The van der Waals surface area contributed by atoms with Crippen LogP contribution in [0.25, 0.3) is 0 Å². The number of halogens is 1. The molecular formula is C13H16FNO2. The van der Waals surface area contributed by atoms with E-state index < -0.39 is 0 Å². The van der Waals surface area contributed by atoms with Gasteiger partial charge in [-0.25, -0.2) is 4.39 Å². The summed E-state index contributed by atoms with van der Waals surface area (Å²) in [5.74, 6) is 0.904. The largest absolute Gasteiger partial charge is 0.486 e. The molecule has 1 aliphatic heterocycles. The van der Waals surface area contributed by atoms with E-state index in [2.05, 4.69) is 0 Å². The van der Waals surface area contributed by atoms with E-state index >= 15 is 0 Å². The standard InChI is InChI=1S/C13H16FNO2/c1-8(15)13(2-3-13)9-6-11-12(7-10(9)14)17-5-4-16-11/h6-8H,2-5,15H2,1H3. The zero-order valence-corrected chi connectivity index (χ0v) is 9.83. The van der Waals surface area contributed by atoms with Crippen molar-refractivity contribution < 1.29 is 13.9 Å². The van der Waals surface area contributed by atoms with Crippen molar-refractivity contribution in [3.63, 3.8) is 0 Å². The molecule has 1 aromatic carbocycles. The molecule has 1 atom stereocenters. The molecule has 2 aliphatic rings. The molecule has 0 bridgehead atoms. The fourth-order valence-electron chi connectivity index (χ4n) is 2.55. The fourth-order valence-corrected chi connectivity index (χ4v) is 2.55. The molecule has 0 saturated heterocycles. The zero-order valence-electron chi connectivity index (χ0n) is 9.83. The van der Waals surface area contributed by atoms with E-state index in [1.54, 1.807) is 6.07 Å². The minimum absolute atomic E-state index is 0.0421. The molecule has 17 heavy (non-hydrogen) atoms. The fraction of sp³-hybridized carbons (Fsp3) is 0.538. The molecule has 92 valence electrons. The predicted molar refractivity (Wildman–Crippen MR) is 62.0 cm³/mol. The Balaban J connectivity index is 2.06. The number of hydrogen-bond donors (Lipinski definition) is 1. The molecule has 1 aromatic rings. The van der Waals surface area contributed by atoms with Crippen molar-refractivity contribution in [3.8, 4) is 11.5 Å². The Bertz CT molecular complexity index is 455. The van der Waals surface area contributed by atoms with Crippen LogP contribution < -0.4 is 15.2 Å². The summed E-state index contributed by atoms with van der Waals surface area (Å²) in [5.41, 5.74) is 6.45. The summed E-state index contributed by atoms with van der Waals surface area (Å²) in [6.07, 6.45) is 1.89. The summed E-state index contributed by atoms with van der Waals surface area (Å²) >= 11 is 0. The van der Waals surface area contributed by atoms with E-state index in [1.807, 2.05) is 6.92 Å². The van der Waals surface area contributed by atoms with Crippen LogP contribution in [0, 0.1) is 5.82 Å². The quantitative estimate of drug-likeness (QED) is 0.855. The molecule has 1 fully saturated rings. The first-order chi connectivity index (χ1) is 8.13. The zero-order chi connectivity index (χ0) is 12.0. The summed E-state index contributed by atoms with van der Waals surface area (Å²) < 4.78 is 24.9. The first kappa shape index (κ1) is 10.8. The highest BCUT2D eigenvalue weighted by atomic mass is 19.1. The van der Waals surface area contributed by atoms with Crippen LogP contribution in [0.2, 0.25) is 0 Å². The van der Waals surface area contributed by atoms with Crippen molar-refractivity contribution in [1.82, 2.24) is 0 Å². The first-order valence-corrected chi connectivity index (χ1v) is 5.99. The molecule has 1 heterocycles. The van der Waals surface area contributed by atoms with Crippen LogP contribution in [0.5, 0.6) is 11.5 Å². The number of fused-ring (bicyclic) bond motifs is 1. The average Bonchev–Trinajstić information content (AvgIpc) is 3.09. The lowest BCUT2D eigenvalue weighted by Crippen LogP contribution is -2.32. The monoisotopic (exact) mass is 237 g/mol. The van der Waals surface area contributed by atoms with Gasteiger partial charge in [0.15, 0.2) is 11.5 Å². The Kier molecular flexibility index (Phi) is 2.30. The smallest absolute Gasteiger partial charge is 0.164 e. The number of rotatable bonds is 2. The summed E-state index contributed by atoms with van der Waals surface area (Å²) in [4.78, 5) is 0. The van der Waals surface area contributed by atoms with E-state index in [-0.39, 0.29) is 17.3 Å². The molecule has 0 aromatic heterocycles. The number of benzene rings is 1. The summed E-state index contributed by atoms with van der Waals surface area (Å²) in [6.45, 7) is 2.93. The molecule has 4 heteroatoms. The predicted octanol–water partition coefficient (Wildman–Crippen LogP) is 1.98. The van der Waals surface area contributed by atoms with Gasteiger partial charge in [0, 0.05) is 17.5 Å². The van der Waals surface area contributed by atoms with Gasteiger partial charge < -0.3 is 15.2 Å². The lowest BCUT2D eigenvalue weighted by molar-refractivity contribution is 0.170. The second-order valence-corrected chi connectivity index (χ2v) is 4.92. The topological polar surface area (TPSA) is 44.5 Å². The third-order valence-electron chi connectivity index (χ3n) is 3.83.